The molecule has 0 bridgehead atoms. The van der Waals surface area contributed by atoms with Gasteiger partial charge in [-0.15, -0.1) is 10.2 Å². The first-order chi connectivity index (χ1) is 7.27. The third kappa shape index (κ3) is 3.97. The zero-order valence-corrected chi connectivity index (χ0v) is 9.52. The summed E-state index contributed by atoms with van der Waals surface area (Å²) in [7, 11) is 1.69. The summed E-state index contributed by atoms with van der Waals surface area (Å²) in [4.78, 5) is 0. The molecule has 1 aromatic heterocycles. The summed E-state index contributed by atoms with van der Waals surface area (Å²) in [5.74, 6) is 1.56. The summed E-state index contributed by atoms with van der Waals surface area (Å²) in [6, 6.07) is 0. The van der Waals surface area contributed by atoms with Crippen LogP contribution < -0.4 is 5.73 Å². The van der Waals surface area contributed by atoms with Crippen molar-refractivity contribution in [3.63, 3.8) is 0 Å². The van der Waals surface area contributed by atoms with Crippen LogP contribution in [0.15, 0.2) is 6.33 Å². The summed E-state index contributed by atoms with van der Waals surface area (Å²) in [5, 5.41) is 8.00. The van der Waals surface area contributed by atoms with E-state index in [2.05, 4.69) is 17.1 Å². The molecule has 0 spiro atoms. The molecular weight excluding hydrogens is 192 g/mol. The van der Waals surface area contributed by atoms with Crippen LogP contribution in [-0.4, -0.2) is 35.0 Å². The van der Waals surface area contributed by atoms with Crippen molar-refractivity contribution in [3.05, 3.63) is 12.2 Å². The predicted octanol–water partition coefficient (Wildman–Crippen LogP) is 0.452. The monoisotopic (exact) mass is 212 g/mol. The molecule has 5 heteroatoms. The Morgan fingerprint density at radius 3 is 3.07 bits per heavy atom. The number of methoxy groups -OCH3 is 1. The molecule has 2 N–H and O–H groups in total. The lowest BCUT2D eigenvalue weighted by Crippen LogP contribution is -2.13. The predicted molar refractivity (Wildman–Crippen MR) is 58.4 cm³/mol. The van der Waals surface area contributed by atoms with Gasteiger partial charge < -0.3 is 15.0 Å². The number of aryl methyl sites for hydroxylation is 1. The standard InChI is InChI=1S/C10H20N4O/c1-9(7-11)3-4-10-13-12-8-14(10)5-6-15-2/h8-9H,3-7,11H2,1-2H3. The fraction of sp³-hybridized carbons (Fsp3) is 0.800. The first-order valence-electron chi connectivity index (χ1n) is 5.33. The summed E-state index contributed by atoms with van der Waals surface area (Å²) in [6.45, 7) is 4.38. The van der Waals surface area contributed by atoms with E-state index in [1.165, 1.54) is 0 Å². The van der Waals surface area contributed by atoms with E-state index in [1.54, 1.807) is 13.4 Å². The Hall–Kier alpha value is -0.940. The van der Waals surface area contributed by atoms with Gasteiger partial charge in [0, 0.05) is 20.1 Å². The number of nitrogens with two attached hydrogens (primary N) is 1. The van der Waals surface area contributed by atoms with Crippen molar-refractivity contribution in [1.82, 2.24) is 14.8 Å². The van der Waals surface area contributed by atoms with E-state index in [1.807, 2.05) is 4.57 Å². The van der Waals surface area contributed by atoms with E-state index in [0.29, 0.717) is 12.5 Å². The number of nitrogens with zero attached hydrogens (tertiary/aromatic N) is 3. The lowest BCUT2D eigenvalue weighted by molar-refractivity contribution is 0.186. The summed E-state index contributed by atoms with van der Waals surface area (Å²) in [6.07, 6.45) is 3.74. The average Bonchev–Trinajstić information content (AvgIpc) is 2.70. The van der Waals surface area contributed by atoms with E-state index < -0.39 is 0 Å². The second-order valence-electron chi connectivity index (χ2n) is 3.81. The van der Waals surface area contributed by atoms with Gasteiger partial charge in [0.1, 0.15) is 12.2 Å². The number of ether oxygens (including phenoxy) is 1. The van der Waals surface area contributed by atoms with Gasteiger partial charge in [0.05, 0.1) is 6.61 Å². The van der Waals surface area contributed by atoms with E-state index in [4.69, 9.17) is 10.5 Å². The van der Waals surface area contributed by atoms with Crippen LogP contribution in [0.3, 0.4) is 0 Å². The van der Waals surface area contributed by atoms with Gasteiger partial charge >= 0.3 is 0 Å². The van der Waals surface area contributed by atoms with Gasteiger partial charge in [0.15, 0.2) is 0 Å². The Labute approximate surface area is 90.6 Å². The highest BCUT2D eigenvalue weighted by Crippen LogP contribution is 2.06. The highest BCUT2D eigenvalue weighted by molar-refractivity contribution is 4.86. The second kappa shape index (κ2) is 6.53. The van der Waals surface area contributed by atoms with Crippen molar-refractivity contribution in [2.45, 2.75) is 26.3 Å². The molecule has 5 nitrogen and oxygen atoms in total. The van der Waals surface area contributed by atoms with Gasteiger partial charge in [0.2, 0.25) is 0 Å². The molecule has 0 aromatic carbocycles. The largest absolute Gasteiger partial charge is 0.383 e. The number of aromatic nitrogens is 3. The first-order valence-corrected chi connectivity index (χ1v) is 5.33. The van der Waals surface area contributed by atoms with Crippen molar-refractivity contribution in [3.8, 4) is 0 Å². The molecule has 0 radical (unpaired) electrons. The normalized spacial score (nSPS) is 13.0. The zero-order chi connectivity index (χ0) is 11.1. The SMILES string of the molecule is COCCn1cnnc1CCC(C)CN. The molecule has 0 amide bonds. The van der Waals surface area contributed by atoms with Gasteiger partial charge in [0.25, 0.3) is 0 Å². The van der Waals surface area contributed by atoms with Gasteiger partial charge in [-0.1, -0.05) is 6.92 Å². The third-order valence-electron chi connectivity index (χ3n) is 2.50. The number of hydrogen-bond donors (Lipinski definition) is 1. The van der Waals surface area contributed by atoms with Crippen LogP contribution in [-0.2, 0) is 17.7 Å². The average molecular weight is 212 g/mol. The quantitative estimate of drug-likeness (QED) is 0.712. The maximum Gasteiger partial charge on any atom is 0.132 e. The van der Waals surface area contributed by atoms with E-state index in [0.717, 1.165) is 31.8 Å². The molecule has 0 aliphatic rings. The van der Waals surface area contributed by atoms with Crippen LogP contribution in [0.5, 0.6) is 0 Å². The minimum Gasteiger partial charge on any atom is -0.383 e. The van der Waals surface area contributed by atoms with Crippen molar-refractivity contribution < 1.29 is 4.74 Å². The second-order valence-corrected chi connectivity index (χ2v) is 3.81. The molecule has 1 aromatic rings. The minimum atomic E-state index is 0.539. The summed E-state index contributed by atoms with van der Waals surface area (Å²) in [5.41, 5.74) is 5.57. The molecule has 0 aliphatic carbocycles. The van der Waals surface area contributed by atoms with Crippen LogP contribution in [0.4, 0.5) is 0 Å². The molecule has 1 atom stereocenters. The van der Waals surface area contributed by atoms with Crippen LogP contribution in [0, 0.1) is 5.92 Å². The summed E-state index contributed by atoms with van der Waals surface area (Å²) < 4.78 is 7.05. The van der Waals surface area contributed by atoms with E-state index in [9.17, 15) is 0 Å². The Bertz CT molecular complexity index is 274. The molecule has 15 heavy (non-hydrogen) atoms. The smallest absolute Gasteiger partial charge is 0.132 e. The Balaban J connectivity index is 2.42. The number of hydrogen-bond acceptors (Lipinski definition) is 4. The van der Waals surface area contributed by atoms with Gasteiger partial charge in [-0.3, -0.25) is 0 Å². The Morgan fingerprint density at radius 1 is 1.60 bits per heavy atom. The molecule has 0 saturated carbocycles. The van der Waals surface area contributed by atoms with Gasteiger partial charge in [-0.2, -0.15) is 0 Å². The molecule has 0 fully saturated rings. The van der Waals surface area contributed by atoms with Crippen molar-refractivity contribution in [2.75, 3.05) is 20.3 Å². The van der Waals surface area contributed by atoms with Crippen molar-refractivity contribution in [2.24, 2.45) is 11.7 Å². The molecule has 0 aliphatic heterocycles. The van der Waals surface area contributed by atoms with Crippen molar-refractivity contribution in [1.29, 1.82) is 0 Å². The maximum atomic E-state index is 5.57. The molecule has 1 unspecified atom stereocenters. The molecule has 1 heterocycles. The van der Waals surface area contributed by atoms with E-state index in [-0.39, 0.29) is 0 Å². The zero-order valence-electron chi connectivity index (χ0n) is 9.52. The third-order valence-corrected chi connectivity index (χ3v) is 2.50. The van der Waals surface area contributed by atoms with Crippen LogP contribution in [0.25, 0.3) is 0 Å². The highest BCUT2D eigenvalue weighted by Gasteiger charge is 2.06. The topological polar surface area (TPSA) is 66.0 Å². The minimum absolute atomic E-state index is 0.539. The van der Waals surface area contributed by atoms with Gasteiger partial charge in [-0.25, -0.2) is 0 Å². The number of rotatable bonds is 7. The molecule has 1 rings (SSSR count). The highest BCUT2D eigenvalue weighted by atomic mass is 16.5. The fourth-order valence-electron chi connectivity index (χ4n) is 1.34. The molecular formula is C10H20N4O. The molecule has 86 valence electrons. The van der Waals surface area contributed by atoms with Crippen molar-refractivity contribution >= 4 is 0 Å². The summed E-state index contributed by atoms with van der Waals surface area (Å²) >= 11 is 0. The maximum absolute atomic E-state index is 5.57. The van der Waals surface area contributed by atoms with Gasteiger partial charge in [-0.05, 0) is 18.9 Å². The lowest BCUT2D eigenvalue weighted by atomic mass is 10.1. The molecule has 0 saturated heterocycles. The van der Waals surface area contributed by atoms with Crippen LogP contribution in [0.2, 0.25) is 0 Å². The van der Waals surface area contributed by atoms with E-state index >= 15 is 0 Å². The Kier molecular flexibility index (Phi) is 5.28. The van der Waals surface area contributed by atoms with Crippen LogP contribution in [0.1, 0.15) is 19.2 Å². The van der Waals surface area contributed by atoms with Crippen LogP contribution >= 0.6 is 0 Å². The fourth-order valence-corrected chi connectivity index (χ4v) is 1.34. The first kappa shape index (κ1) is 12.1. The Morgan fingerprint density at radius 2 is 2.40 bits per heavy atom. The lowest BCUT2D eigenvalue weighted by Gasteiger charge is -2.08.